The molecule has 0 bridgehead atoms. The Hall–Kier alpha value is -2.28. The van der Waals surface area contributed by atoms with Gasteiger partial charge in [-0.05, 0) is 60.0 Å². The molecule has 0 aromatic heterocycles. The number of amides is 1. The van der Waals surface area contributed by atoms with E-state index < -0.39 is 0 Å². The standard InChI is InChI=1S/C29H31Cl3N4O/c30-23-5-1-21(2-6-23)18-33-28-17-25(32)9-10-27(28)29(37)36-12-11-26(20-36)35-15-13-34(14-16-35)19-22-3-7-24(31)8-4-22/h1-10,17,26,33H,11-16,18-20H2/t26-/m0/s1. The Labute approximate surface area is 233 Å². The fourth-order valence-electron chi connectivity index (χ4n) is 5.18. The summed E-state index contributed by atoms with van der Waals surface area (Å²) in [6.07, 6.45) is 1.00. The normalized spacial score (nSPS) is 18.8. The molecule has 37 heavy (non-hydrogen) atoms. The fraction of sp³-hybridized carbons (Fsp3) is 0.345. The first-order chi connectivity index (χ1) is 17.9. The first-order valence-electron chi connectivity index (χ1n) is 12.7. The van der Waals surface area contributed by atoms with Gasteiger partial charge in [-0.25, -0.2) is 0 Å². The monoisotopic (exact) mass is 556 g/mol. The molecule has 0 unspecified atom stereocenters. The van der Waals surface area contributed by atoms with Crippen LogP contribution in [0.1, 0.15) is 27.9 Å². The van der Waals surface area contributed by atoms with Gasteiger partial charge in [-0.15, -0.1) is 0 Å². The highest BCUT2D eigenvalue weighted by atomic mass is 35.5. The highest BCUT2D eigenvalue weighted by molar-refractivity contribution is 6.31. The minimum Gasteiger partial charge on any atom is -0.380 e. The van der Waals surface area contributed by atoms with Crippen LogP contribution in [0.4, 0.5) is 5.69 Å². The molecule has 2 saturated heterocycles. The Balaban J connectivity index is 1.16. The third-order valence-electron chi connectivity index (χ3n) is 7.30. The summed E-state index contributed by atoms with van der Waals surface area (Å²) in [7, 11) is 0. The second-order valence-corrected chi connectivity index (χ2v) is 11.1. The van der Waals surface area contributed by atoms with Gasteiger partial charge in [0.25, 0.3) is 5.91 Å². The van der Waals surface area contributed by atoms with Crippen molar-refractivity contribution in [1.29, 1.82) is 0 Å². The lowest BCUT2D eigenvalue weighted by Crippen LogP contribution is -2.50. The molecule has 3 aromatic rings. The molecule has 194 valence electrons. The highest BCUT2D eigenvalue weighted by Gasteiger charge is 2.33. The largest absolute Gasteiger partial charge is 0.380 e. The third-order valence-corrected chi connectivity index (χ3v) is 8.04. The Kier molecular flexibility index (Phi) is 8.58. The van der Waals surface area contributed by atoms with Crippen LogP contribution in [0.25, 0.3) is 0 Å². The quantitative estimate of drug-likeness (QED) is 0.370. The van der Waals surface area contributed by atoms with Crippen molar-refractivity contribution in [1.82, 2.24) is 14.7 Å². The summed E-state index contributed by atoms with van der Waals surface area (Å²) >= 11 is 18.3. The third kappa shape index (κ3) is 6.78. The number of piperazine rings is 1. The van der Waals surface area contributed by atoms with Crippen LogP contribution in [0.2, 0.25) is 15.1 Å². The van der Waals surface area contributed by atoms with Gasteiger partial charge in [-0.2, -0.15) is 0 Å². The van der Waals surface area contributed by atoms with E-state index >= 15 is 0 Å². The van der Waals surface area contributed by atoms with Crippen LogP contribution in [-0.4, -0.2) is 65.9 Å². The lowest BCUT2D eigenvalue weighted by molar-refractivity contribution is 0.0735. The van der Waals surface area contributed by atoms with Gasteiger partial charge in [0, 0.05) is 79.2 Å². The van der Waals surface area contributed by atoms with Crippen molar-refractivity contribution in [3.05, 3.63) is 98.5 Å². The van der Waals surface area contributed by atoms with E-state index in [4.69, 9.17) is 34.8 Å². The molecule has 2 aliphatic heterocycles. The van der Waals surface area contributed by atoms with Crippen molar-refractivity contribution in [3.63, 3.8) is 0 Å². The van der Waals surface area contributed by atoms with Crippen LogP contribution >= 0.6 is 34.8 Å². The number of carbonyl (C=O) groups excluding carboxylic acids is 1. The molecular weight excluding hydrogens is 527 g/mol. The van der Waals surface area contributed by atoms with Crippen molar-refractivity contribution in [2.45, 2.75) is 25.6 Å². The summed E-state index contributed by atoms with van der Waals surface area (Å²) in [5.74, 6) is 0.0548. The summed E-state index contributed by atoms with van der Waals surface area (Å²) in [6, 6.07) is 21.6. The lowest BCUT2D eigenvalue weighted by atomic mass is 10.1. The Morgan fingerprint density at radius 3 is 2.08 bits per heavy atom. The fourth-order valence-corrected chi connectivity index (χ4v) is 5.60. The van der Waals surface area contributed by atoms with Crippen molar-refractivity contribution < 1.29 is 4.79 Å². The zero-order valence-electron chi connectivity index (χ0n) is 20.7. The SMILES string of the molecule is O=C(c1ccc(Cl)cc1NCc1ccc(Cl)cc1)N1CC[C@H](N2CCN(Cc3ccc(Cl)cc3)CC2)C1. The van der Waals surface area contributed by atoms with E-state index in [9.17, 15) is 4.79 Å². The van der Waals surface area contributed by atoms with Crippen molar-refractivity contribution in [2.75, 3.05) is 44.6 Å². The molecule has 2 fully saturated rings. The molecule has 1 amide bonds. The Morgan fingerprint density at radius 1 is 0.784 bits per heavy atom. The van der Waals surface area contributed by atoms with Gasteiger partial charge in [0.2, 0.25) is 0 Å². The summed E-state index contributed by atoms with van der Waals surface area (Å²) in [5.41, 5.74) is 3.79. The van der Waals surface area contributed by atoms with Crippen LogP contribution in [-0.2, 0) is 13.1 Å². The van der Waals surface area contributed by atoms with Gasteiger partial charge >= 0.3 is 0 Å². The van der Waals surface area contributed by atoms with E-state index in [1.54, 1.807) is 6.07 Å². The molecule has 2 heterocycles. The Bertz CT molecular complexity index is 1210. The van der Waals surface area contributed by atoms with Crippen LogP contribution in [0.3, 0.4) is 0 Å². The first-order valence-corrected chi connectivity index (χ1v) is 13.9. The van der Waals surface area contributed by atoms with E-state index in [-0.39, 0.29) is 5.91 Å². The lowest BCUT2D eigenvalue weighted by Gasteiger charge is -2.38. The predicted octanol–water partition coefficient (Wildman–Crippen LogP) is 6.29. The van der Waals surface area contributed by atoms with E-state index in [2.05, 4.69) is 27.2 Å². The van der Waals surface area contributed by atoms with Crippen LogP contribution < -0.4 is 5.32 Å². The van der Waals surface area contributed by atoms with Gasteiger partial charge in [0.15, 0.2) is 0 Å². The Morgan fingerprint density at radius 2 is 1.41 bits per heavy atom. The molecule has 1 N–H and O–H groups in total. The molecule has 0 aliphatic carbocycles. The number of rotatable bonds is 7. The number of nitrogens with zero attached hydrogens (tertiary/aromatic N) is 3. The first kappa shape index (κ1) is 26.3. The van der Waals surface area contributed by atoms with Gasteiger partial charge < -0.3 is 10.2 Å². The average molecular weight is 558 g/mol. The molecule has 1 atom stereocenters. The van der Waals surface area contributed by atoms with Gasteiger partial charge in [-0.3, -0.25) is 14.6 Å². The highest BCUT2D eigenvalue weighted by Crippen LogP contribution is 2.26. The summed E-state index contributed by atoms with van der Waals surface area (Å²) < 4.78 is 0. The summed E-state index contributed by atoms with van der Waals surface area (Å²) in [5, 5.41) is 5.48. The predicted molar refractivity (Wildman–Crippen MR) is 153 cm³/mol. The van der Waals surface area contributed by atoms with E-state index in [1.807, 2.05) is 53.4 Å². The summed E-state index contributed by atoms with van der Waals surface area (Å²) in [6.45, 7) is 7.17. The molecule has 0 saturated carbocycles. The van der Waals surface area contributed by atoms with E-state index in [0.29, 0.717) is 28.2 Å². The van der Waals surface area contributed by atoms with Crippen molar-refractivity contribution in [3.8, 4) is 0 Å². The number of anilines is 1. The number of benzene rings is 3. The second kappa shape index (κ2) is 12.1. The maximum Gasteiger partial charge on any atom is 0.256 e. The van der Waals surface area contributed by atoms with E-state index in [1.165, 1.54) is 5.56 Å². The molecule has 3 aromatic carbocycles. The van der Waals surface area contributed by atoms with Gasteiger partial charge in [-0.1, -0.05) is 59.1 Å². The maximum atomic E-state index is 13.5. The van der Waals surface area contributed by atoms with Crippen molar-refractivity contribution >= 4 is 46.4 Å². The molecule has 5 nitrogen and oxygen atoms in total. The summed E-state index contributed by atoms with van der Waals surface area (Å²) in [4.78, 5) is 20.6. The van der Waals surface area contributed by atoms with Crippen LogP contribution in [0.15, 0.2) is 66.7 Å². The van der Waals surface area contributed by atoms with Crippen LogP contribution in [0, 0.1) is 0 Å². The van der Waals surface area contributed by atoms with Crippen molar-refractivity contribution in [2.24, 2.45) is 0 Å². The number of hydrogen-bond acceptors (Lipinski definition) is 4. The van der Waals surface area contributed by atoms with Gasteiger partial charge in [0.05, 0.1) is 5.56 Å². The second-order valence-electron chi connectivity index (χ2n) is 9.80. The van der Waals surface area contributed by atoms with E-state index in [0.717, 1.165) is 68.5 Å². The number of likely N-dealkylation sites (tertiary alicyclic amines) is 1. The number of halogens is 3. The topological polar surface area (TPSA) is 38.8 Å². The molecule has 0 radical (unpaired) electrons. The molecular formula is C29H31Cl3N4O. The minimum absolute atomic E-state index is 0.0548. The smallest absolute Gasteiger partial charge is 0.256 e. The minimum atomic E-state index is 0.0548. The number of nitrogens with one attached hydrogen (secondary N) is 1. The molecule has 5 rings (SSSR count). The molecule has 2 aliphatic rings. The molecule has 8 heteroatoms. The maximum absolute atomic E-state index is 13.5. The number of carbonyl (C=O) groups is 1. The zero-order chi connectivity index (χ0) is 25.8. The van der Waals surface area contributed by atoms with Crippen LogP contribution in [0.5, 0.6) is 0 Å². The average Bonchev–Trinajstić information content (AvgIpc) is 3.40. The molecule has 0 spiro atoms. The zero-order valence-corrected chi connectivity index (χ0v) is 22.9. The van der Waals surface area contributed by atoms with Gasteiger partial charge in [0.1, 0.15) is 0 Å². The number of hydrogen-bond donors (Lipinski definition) is 1.